The molecule has 0 radical (unpaired) electrons. The summed E-state index contributed by atoms with van der Waals surface area (Å²) in [5, 5.41) is 0.694. The molecule has 2 aromatic carbocycles. The molecule has 0 amide bonds. The Morgan fingerprint density at radius 1 is 0.812 bits per heavy atom. The summed E-state index contributed by atoms with van der Waals surface area (Å²) in [6.07, 6.45) is 0. The molecule has 0 aliphatic rings. The van der Waals surface area contributed by atoms with Crippen molar-refractivity contribution in [2.24, 2.45) is 0 Å². The lowest BCUT2D eigenvalue weighted by Gasteiger charge is -2.05. The molecular weight excluding hydrogens is 245 g/mol. The van der Waals surface area contributed by atoms with Crippen LogP contribution in [0.1, 0.15) is 0 Å². The van der Waals surface area contributed by atoms with Gasteiger partial charge in [-0.1, -0.05) is 11.6 Å². The Balaban J connectivity index is 0.00000128. The molecular formula is C12H11Cl2NO. The van der Waals surface area contributed by atoms with Crippen molar-refractivity contribution in [3.05, 3.63) is 53.6 Å². The maximum Gasteiger partial charge on any atom is 0.127 e. The number of hydrogen-bond acceptors (Lipinski definition) is 2. The van der Waals surface area contributed by atoms with E-state index in [0.717, 1.165) is 17.2 Å². The summed E-state index contributed by atoms with van der Waals surface area (Å²) in [6.45, 7) is 0. The van der Waals surface area contributed by atoms with Gasteiger partial charge in [-0.3, -0.25) is 0 Å². The van der Waals surface area contributed by atoms with Gasteiger partial charge in [0.1, 0.15) is 11.5 Å². The third-order valence-electron chi connectivity index (χ3n) is 1.93. The summed E-state index contributed by atoms with van der Waals surface area (Å²) in [5.74, 6) is 1.51. The van der Waals surface area contributed by atoms with Crippen LogP contribution in [0.3, 0.4) is 0 Å². The van der Waals surface area contributed by atoms with Crippen molar-refractivity contribution < 1.29 is 4.74 Å². The smallest absolute Gasteiger partial charge is 0.127 e. The Morgan fingerprint density at radius 2 is 1.25 bits per heavy atom. The first-order valence-corrected chi connectivity index (χ1v) is 4.91. The molecule has 0 bridgehead atoms. The van der Waals surface area contributed by atoms with Crippen LogP contribution in [0.15, 0.2) is 48.5 Å². The maximum absolute atomic E-state index is 5.76. The van der Waals surface area contributed by atoms with Crippen molar-refractivity contribution in [1.82, 2.24) is 0 Å². The molecule has 0 spiro atoms. The molecule has 0 aromatic heterocycles. The van der Waals surface area contributed by atoms with Gasteiger partial charge < -0.3 is 10.5 Å². The van der Waals surface area contributed by atoms with Gasteiger partial charge in [0.2, 0.25) is 0 Å². The van der Waals surface area contributed by atoms with E-state index in [4.69, 9.17) is 22.1 Å². The normalized spacial score (nSPS) is 9.31. The van der Waals surface area contributed by atoms with E-state index in [1.165, 1.54) is 0 Å². The maximum atomic E-state index is 5.76. The molecule has 84 valence electrons. The number of anilines is 1. The Hall–Kier alpha value is -1.38. The van der Waals surface area contributed by atoms with Gasteiger partial charge >= 0.3 is 0 Å². The number of nitrogens with two attached hydrogens (primary N) is 1. The topological polar surface area (TPSA) is 35.2 Å². The average Bonchev–Trinajstić information content (AvgIpc) is 2.25. The molecule has 2 nitrogen and oxygen atoms in total. The van der Waals surface area contributed by atoms with E-state index in [2.05, 4.69) is 0 Å². The Kier molecular flexibility index (Phi) is 4.47. The first-order valence-electron chi connectivity index (χ1n) is 4.53. The molecule has 2 N–H and O–H groups in total. The van der Waals surface area contributed by atoms with Crippen LogP contribution in [0.2, 0.25) is 5.02 Å². The van der Waals surface area contributed by atoms with Crippen molar-refractivity contribution in [3.63, 3.8) is 0 Å². The highest BCUT2D eigenvalue weighted by molar-refractivity contribution is 6.30. The van der Waals surface area contributed by atoms with E-state index in [0.29, 0.717) is 5.02 Å². The first kappa shape index (κ1) is 12.7. The van der Waals surface area contributed by atoms with Gasteiger partial charge in [0.15, 0.2) is 0 Å². The zero-order valence-electron chi connectivity index (χ0n) is 8.39. The lowest BCUT2D eigenvalue weighted by Crippen LogP contribution is -1.86. The summed E-state index contributed by atoms with van der Waals surface area (Å²) in [7, 11) is 0. The minimum atomic E-state index is 0. The Labute approximate surface area is 105 Å². The predicted molar refractivity (Wildman–Crippen MR) is 69.6 cm³/mol. The zero-order valence-corrected chi connectivity index (χ0v) is 9.96. The van der Waals surface area contributed by atoms with Gasteiger partial charge in [0.25, 0.3) is 0 Å². The monoisotopic (exact) mass is 255 g/mol. The quantitative estimate of drug-likeness (QED) is 0.819. The summed E-state index contributed by atoms with van der Waals surface area (Å²) < 4.78 is 5.57. The molecule has 0 aliphatic heterocycles. The first-order chi connectivity index (χ1) is 7.24. The van der Waals surface area contributed by atoms with Crippen LogP contribution in [0, 0.1) is 0 Å². The molecule has 2 aromatic rings. The number of hydrogen-bond donors (Lipinski definition) is 1. The molecule has 0 heterocycles. The van der Waals surface area contributed by atoms with Crippen LogP contribution >= 0.6 is 24.0 Å². The van der Waals surface area contributed by atoms with Crippen molar-refractivity contribution in [2.45, 2.75) is 0 Å². The van der Waals surface area contributed by atoms with Crippen LogP contribution in [0.25, 0.3) is 0 Å². The Bertz CT molecular complexity index is 396. The molecule has 16 heavy (non-hydrogen) atoms. The van der Waals surface area contributed by atoms with Crippen LogP contribution in [-0.2, 0) is 0 Å². The second-order valence-electron chi connectivity index (χ2n) is 3.13. The number of halogens is 2. The van der Waals surface area contributed by atoms with Crippen molar-refractivity contribution in [3.8, 4) is 11.5 Å². The van der Waals surface area contributed by atoms with Crippen LogP contribution in [0.5, 0.6) is 11.5 Å². The fourth-order valence-electron chi connectivity index (χ4n) is 1.17. The number of nitrogen functional groups attached to an aromatic ring is 1. The Morgan fingerprint density at radius 3 is 1.75 bits per heavy atom. The summed E-state index contributed by atoms with van der Waals surface area (Å²) >= 11 is 5.76. The third kappa shape index (κ3) is 3.33. The molecule has 0 unspecified atom stereocenters. The minimum Gasteiger partial charge on any atom is -0.457 e. The van der Waals surface area contributed by atoms with Crippen molar-refractivity contribution in [1.29, 1.82) is 0 Å². The lowest BCUT2D eigenvalue weighted by molar-refractivity contribution is 0.483. The standard InChI is InChI=1S/C12H10ClNO.ClH/c13-9-1-5-11(6-2-9)15-12-7-3-10(14)4-8-12;/h1-8H,14H2;1H. The van der Waals surface area contributed by atoms with Crippen LogP contribution in [0.4, 0.5) is 5.69 Å². The predicted octanol–water partition coefficient (Wildman–Crippen LogP) is 4.14. The summed E-state index contributed by atoms with van der Waals surface area (Å²) in [5.41, 5.74) is 6.29. The molecule has 0 saturated heterocycles. The third-order valence-corrected chi connectivity index (χ3v) is 2.18. The SMILES string of the molecule is Cl.Nc1ccc(Oc2ccc(Cl)cc2)cc1. The highest BCUT2D eigenvalue weighted by Crippen LogP contribution is 2.23. The molecule has 0 fully saturated rings. The van der Waals surface area contributed by atoms with E-state index in [9.17, 15) is 0 Å². The minimum absolute atomic E-state index is 0. The molecule has 0 aliphatic carbocycles. The van der Waals surface area contributed by atoms with Crippen molar-refractivity contribution in [2.75, 3.05) is 5.73 Å². The van der Waals surface area contributed by atoms with E-state index >= 15 is 0 Å². The fraction of sp³-hybridized carbons (Fsp3) is 0. The largest absolute Gasteiger partial charge is 0.457 e. The average molecular weight is 256 g/mol. The van der Waals surface area contributed by atoms with E-state index in [-0.39, 0.29) is 12.4 Å². The molecule has 0 saturated carbocycles. The molecule has 2 rings (SSSR count). The van der Waals surface area contributed by atoms with Gasteiger partial charge in [-0.05, 0) is 48.5 Å². The second kappa shape index (κ2) is 5.64. The van der Waals surface area contributed by atoms with E-state index < -0.39 is 0 Å². The number of ether oxygens (including phenoxy) is 1. The van der Waals surface area contributed by atoms with Gasteiger partial charge in [0, 0.05) is 10.7 Å². The van der Waals surface area contributed by atoms with E-state index in [1.54, 1.807) is 24.3 Å². The fourth-order valence-corrected chi connectivity index (χ4v) is 1.30. The summed E-state index contributed by atoms with van der Waals surface area (Å²) in [4.78, 5) is 0. The van der Waals surface area contributed by atoms with Gasteiger partial charge in [0.05, 0.1) is 0 Å². The van der Waals surface area contributed by atoms with Gasteiger partial charge in [-0.15, -0.1) is 12.4 Å². The van der Waals surface area contributed by atoms with Crippen LogP contribution in [-0.4, -0.2) is 0 Å². The lowest BCUT2D eigenvalue weighted by atomic mass is 10.3. The molecule has 4 heteroatoms. The summed E-state index contributed by atoms with van der Waals surface area (Å²) in [6, 6.07) is 14.4. The molecule has 0 atom stereocenters. The second-order valence-corrected chi connectivity index (χ2v) is 3.56. The highest BCUT2D eigenvalue weighted by atomic mass is 35.5. The number of rotatable bonds is 2. The van der Waals surface area contributed by atoms with Crippen molar-refractivity contribution >= 4 is 29.7 Å². The highest BCUT2D eigenvalue weighted by Gasteiger charge is 1.96. The van der Waals surface area contributed by atoms with Gasteiger partial charge in [-0.25, -0.2) is 0 Å². The zero-order chi connectivity index (χ0) is 10.7. The van der Waals surface area contributed by atoms with Crippen LogP contribution < -0.4 is 10.5 Å². The van der Waals surface area contributed by atoms with Gasteiger partial charge in [-0.2, -0.15) is 0 Å². The van der Waals surface area contributed by atoms with E-state index in [1.807, 2.05) is 24.3 Å². The number of benzene rings is 2.